The molecular formula is C49H72O26. The van der Waals surface area contributed by atoms with Gasteiger partial charge < -0.3 is 103 Å². The molecule has 4 saturated heterocycles. The van der Waals surface area contributed by atoms with Gasteiger partial charge in [-0.2, -0.15) is 0 Å². The summed E-state index contributed by atoms with van der Waals surface area (Å²) in [5.41, 5.74) is 0.579. The maximum Gasteiger partial charge on any atom is 0.333 e. The molecule has 4 aliphatic rings. The van der Waals surface area contributed by atoms with E-state index < -0.39 is 179 Å². The lowest BCUT2D eigenvalue weighted by Gasteiger charge is -2.49. The first-order valence-electron chi connectivity index (χ1n) is 24.1. The predicted molar refractivity (Wildman–Crippen MR) is 250 cm³/mol. The first kappa shape index (κ1) is 62.9. The van der Waals surface area contributed by atoms with Crippen LogP contribution in [0.25, 0.3) is 0 Å². The molecule has 0 radical (unpaired) electrons. The number of allylic oxidation sites excluding steroid dienone is 5. The summed E-state index contributed by atoms with van der Waals surface area (Å²) in [5, 5.41) is 101. The number of carbonyl (C=O) groups is 5. The molecule has 20 atom stereocenters. The van der Waals surface area contributed by atoms with Gasteiger partial charge in [-0.3, -0.25) is 0 Å². The lowest BCUT2D eigenvalue weighted by molar-refractivity contribution is -0.400. The van der Waals surface area contributed by atoms with Gasteiger partial charge >= 0.3 is 29.8 Å². The van der Waals surface area contributed by atoms with Crippen molar-refractivity contribution in [2.75, 3.05) is 26.4 Å². The monoisotopic (exact) mass is 1080 g/mol. The fourth-order valence-corrected chi connectivity index (χ4v) is 7.61. The van der Waals surface area contributed by atoms with E-state index in [-0.39, 0.29) is 27.9 Å². The van der Waals surface area contributed by atoms with Crippen LogP contribution in [-0.2, 0) is 80.8 Å². The molecule has 4 rings (SSSR count). The maximum atomic E-state index is 13.1. The molecule has 4 heterocycles. The lowest BCUT2D eigenvalue weighted by atomic mass is 9.96. The Bertz CT molecular complexity index is 2120. The second-order valence-corrected chi connectivity index (χ2v) is 18.0. The van der Waals surface area contributed by atoms with Crippen LogP contribution in [0, 0.1) is 0 Å². The van der Waals surface area contributed by atoms with Crippen LogP contribution in [0.5, 0.6) is 0 Å². The first-order valence-corrected chi connectivity index (χ1v) is 24.1. The zero-order valence-corrected chi connectivity index (χ0v) is 43.2. The minimum Gasteiger partial charge on any atom is -0.459 e. The number of hydrogen-bond acceptors (Lipinski definition) is 26. The largest absolute Gasteiger partial charge is 0.459 e. The molecule has 424 valence electrons. The van der Waals surface area contributed by atoms with Crippen LogP contribution in [0.4, 0.5) is 0 Å². The molecule has 9 N–H and O–H groups in total. The van der Waals surface area contributed by atoms with Crippen LogP contribution >= 0.6 is 0 Å². The van der Waals surface area contributed by atoms with Crippen LogP contribution in [-0.4, -0.2) is 225 Å². The van der Waals surface area contributed by atoms with E-state index in [2.05, 4.69) is 0 Å². The minimum absolute atomic E-state index is 0.0754. The normalized spacial score (nSPS) is 37.3. The van der Waals surface area contributed by atoms with Crippen molar-refractivity contribution in [3.63, 3.8) is 0 Å². The summed E-state index contributed by atoms with van der Waals surface area (Å²) in [4.78, 5) is 64.3. The van der Waals surface area contributed by atoms with E-state index in [1.54, 1.807) is 27.7 Å². The molecule has 0 aromatic heterocycles. The summed E-state index contributed by atoms with van der Waals surface area (Å²) in [7, 11) is 0. The molecule has 4 aliphatic heterocycles. The molecule has 26 nitrogen and oxygen atoms in total. The summed E-state index contributed by atoms with van der Waals surface area (Å²) < 4.78 is 68.4. The predicted octanol–water partition coefficient (Wildman–Crippen LogP) is -2.16. The highest BCUT2D eigenvalue weighted by Gasteiger charge is 2.57. The molecule has 20 unspecified atom stereocenters. The van der Waals surface area contributed by atoms with Gasteiger partial charge in [-0.15, -0.1) is 0 Å². The maximum absolute atomic E-state index is 13.1. The van der Waals surface area contributed by atoms with Crippen molar-refractivity contribution in [1.82, 2.24) is 0 Å². The third kappa shape index (κ3) is 15.3. The van der Waals surface area contributed by atoms with Crippen LogP contribution in [0.3, 0.4) is 0 Å². The van der Waals surface area contributed by atoms with Crippen LogP contribution < -0.4 is 0 Å². The Balaban J connectivity index is 1.66. The first-order chi connectivity index (χ1) is 35.4. The number of esters is 5. The number of carbonyl (C=O) groups excluding carboxylic acids is 5. The average Bonchev–Trinajstić information content (AvgIpc) is 3.41. The van der Waals surface area contributed by atoms with Crippen molar-refractivity contribution in [3.8, 4) is 0 Å². The van der Waals surface area contributed by atoms with Crippen molar-refractivity contribution >= 4 is 29.8 Å². The van der Waals surface area contributed by atoms with Gasteiger partial charge in [0, 0.05) is 27.9 Å². The second-order valence-electron chi connectivity index (χ2n) is 18.0. The van der Waals surface area contributed by atoms with Gasteiger partial charge in [0.05, 0.1) is 13.2 Å². The van der Waals surface area contributed by atoms with Gasteiger partial charge in [0.1, 0.15) is 92.6 Å². The van der Waals surface area contributed by atoms with E-state index in [4.69, 9.17) is 56.8 Å². The molecule has 0 bridgehead atoms. The molecule has 0 aromatic rings. The summed E-state index contributed by atoms with van der Waals surface area (Å²) in [6.07, 6.45) is -31.0. The SMILES string of the molecule is C/C=C(\C)C(=O)OCC1OC(OC2OC(COC(=O)/C(C)=C/C)C(OC3OC(CO)C(OC(=O)/C(C)=C/C)C(OC(=O)/C(C)=C/C)C3O)C(O)C2O)C(O)C(O)C1OC1OC(CO)C(OC(=O)/C(C)=C/C)C(O)C1O. The lowest BCUT2D eigenvalue weighted by Crippen LogP contribution is -2.67. The Morgan fingerprint density at radius 3 is 1.00 bits per heavy atom. The molecule has 0 spiro atoms. The quantitative estimate of drug-likeness (QED) is 0.0356. The fourth-order valence-electron chi connectivity index (χ4n) is 7.61. The van der Waals surface area contributed by atoms with Crippen molar-refractivity contribution in [3.05, 3.63) is 58.2 Å². The van der Waals surface area contributed by atoms with Gasteiger partial charge in [0.2, 0.25) is 0 Å². The van der Waals surface area contributed by atoms with E-state index in [0.29, 0.717) is 0 Å². The number of aliphatic hydroxyl groups excluding tert-OH is 9. The van der Waals surface area contributed by atoms with Crippen LogP contribution in [0.1, 0.15) is 69.2 Å². The highest BCUT2D eigenvalue weighted by molar-refractivity contribution is 5.89. The van der Waals surface area contributed by atoms with E-state index in [0.717, 1.165) is 0 Å². The molecule has 0 amide bonds. The summed E-state index contributed by atoms with van der Waals surface area (Å²) >= 11 is 0. The summed E-state index contributed by atoms with van der Waals surface area (Å²) in [5.74, 6) is -4.52. The van der Waals surface area contributed by atoms with E-state index in [1.165, 1.54) is 71.9 Å². The minimum atomic E-state index is -2.21. The zero-order chi connectivity index (χ0) is 56.2. The Labute approximate surface area is 432 Å². The Hall–Kier alpha value is -4.59. The molecule has 0 saturated carbocycles. The van der Waals surface area contributed by atoms with Crippen molar-refractivity contribution < 1.29 is 127 Å². The fraction of sp³-hybridized carbons (Fsp3) is 0.694. The van der Waals surface area contributed by atoms with Gasteiger partial charge in [0.15, 0.2) is 43.5 Å². The van der Waals surface area contributed by atoms with Gasteiger partial charge in [0.25, 0.3) is 0 Å². The Morgan fingerprint density at radius 2 is 0.640 bits per heavy atom. The molecular weight excluding hydrogens is 1000 g/mol. The molecule has 4 fully saturated rings. The molecule has 0 aromatic carbocycles. The number of rotatable bonds is 20. The van der Waals surface area contributed by atoms with E-state index >= 15 is 0 Å². The van der Waals surface area contributed by atoms with Gasteiger partial charge in [-0.1, -0.05) is 30.4 Å². The number of ether oxygens (including phenoxy) is 12. The van der Waals surface area contributed by atoms with Crippen LogP contribution in [0.2, 0.25) is 0 Å². The molecule has 26 heteroatoms. The highest BCUT2D eigenvalue weighted by Crippen LogP contribution is 2.36. The third-order valence-electron chi connectivity index (χ3n) is 13.0. The standard InChI is InChI=1S/C49H72O26/c1-11-20(6)41(59)64-18-27-37(73-46-32(55)29(52)36(25(16-50)66-46)70-43(61)22(8)13-3)30(53)33(56)47(68-27)75-48-34(57)31(54)38(28(69-48)19-65-42(60)21(7)12-2)74-49-35(58)40(72-45(63)24(10)15-5)39(26(17-51)67-49)71-44(62)23(9)14-4/h11-15,25-40,46-58H,16-19H2,1-10H3/b20-11+,21-12+,22-13+,23-14+,24-15+. The Morgan fingerprint density at radius 1 is 0.360 bits per heavy atom. The number of aliphatic hydroxyl groups is 9. The van der Waals surface area contributed by atoms with E-state index in [9.17, 15) is 69.9 Å². The molecule has 0 aliphatic carbocycles. The van der Waals surface area contributed by atoms with Crippen molar-refractivity contribution in [2.45, 2.75) is 192 Å². The average molecular weight is 1080 g/mol. The Kier molecular flexibility index (Phi) is 24.1. The smallest absolute Gasteiger partial charge is 0.333 e. The van der Waals surface area contributed by atoms with Crippen molar-refractivity contribution in [2.24, 2.45) is 0 Å². The zero-order valence-electron chi connectivity index (χ0n) is 43.2. The van der Waals surface area contributed by atoms with Crippen LogP contribution in [0.15, 0.2) is 58.2 Å². The van der Waals surface area contributed by atoms with Crippen molar-refractivity contribution in [1.29, 1.82) is 0 Å². The number of hydrogen-bond donors (Lipinski definition) is 9. The second kappa shape index (κ2) is 28.7. The third-order valence-corrected chi connectivity index (χ3v) is 13.0. The van der Waals surface area contributed by atoms with Gasteiger partial charge in [-0.05, 0) is 69.2 Å². The highest BCUT2D eigenvalue weighted by atomic mass is 16.8. The summed E-state index contributed by atoms with van der Waals surface area (Å²) in [6.45, 7) is 11.5. The van der Waals surface area contributed by atoms with E-state index in [1.807, 2.05) is 0 Å². The topological polar surface area (TPSA) is 378 Å². The summed E-state index contributed by atoms with van der Waals surface area (Å²) in [6, 6.07) is 0. The van der Waals surface area contributed by atoms with Gasteiger partial charge in [-0.25, -0.2) is 24.0 Å². The molecule has 75 heavy (non-hydrogen) atoms.